The molecule has 1 heterocycles. The molecule has 0 aliphatic carbocycles. The van der Waals surface area contributed by atoms with Crippen molar-refractivity contribution in [3.05, 3.63) is 137 Å². The molecule has 1 amide bonds. The molecular formula is C31H29FN2O. The zero-order valence-corrected chi connectivity index (χ0v) is 19.9. The van der Waals surface area contributed by atoms with Gasteiger partial charge in [-0.1, -0.05) is 84.9 Å². The van der Waals surface area contributed by atoms with Gasteiger partial charge < -0.3 is 4.90 Å². The highest BCUT2D eigenvalue weighted by atomic mass is 19.1. The number of nitrogens with zero attached hydrogens (tertiary/aromatic N) is 2. The van der Waals surface area contributed by atoms with Gasteiger partial charge in [-0.3, -0.25) is 9.69 Å². The van der Waals surface area contributed by atoms with Crippen molar-refractivity contribution in [2.24, 2.45) is 0 Å². The smallest absolute Gasteiger partial charge is 0.241 e. The molecule has 1 aliphatic rings. The molecule has 5 rings (SSSR count). The molecule has 1 atom stereocenters. The third-order valence-electron chi connectivity index (χ3n) is 6.86. The second-order valence-electron chi connectivity index (χ2n) is 9.09. The number of fused-ring (bicyclic) bond motifs is 1. The van der Waals surface area contributed by atoms with Gasteiger partial charge in [0.15, 0.2) is 0 Å². The van der Waals surface area contributed by atoms with Crippen LogP contribution in [0.1, 0.15) is 33.9 Å². The molecule has 4 aromatic carbocycles. The first-order chi connectivity index (χ1) is 17.1. The quantitative estimate of drug-likeness (QED) is 0.334. The number of amides is 1. The number of para-hydroxylation sites is 1. The lowest BCUT2D eigenvalue weighted by Crippen LogP contribution is -2.45. The van der Waals surface area contributed by atoms with Gasteiger partial charge in [-0.05, 0) is 53.8 Å². The summed E-state index contributed by atoms with van der Waals surface area (Å²) >= 11 is 0. The average molecular weight is 465 g/mol. The molecular weight excluding hydrogens is 435 g/mol. The SMILES string of the molecule is Cc1ccccc1C1c2ccccc2CCN1CC(=O)N(Cc1ccccc1F)c1ccccc1. The number of anilines is 1. The lowest BCUT2D eigenvalue weighted by Gasteiger charge is -2.39. The Bertz CT molecular complexity index is 1320. The lowest BCUT2D eigenvalue weighted by molar-refractivity contribution is -0.120. The van der Waals surface area contributed by atoms with Crippen LogP contribution in [0.2, 0.25) is 0 Å². The van der Waals surface area contributed by atoms with Crippen molar-refractivity contribution < 1.29 is 9.18 Å². The first-order valence-electron chi connectivity index (χ1n) is 12.1. The van der Waals surface area contributed by atoms with Crippen LogP contribution < -0.4 is 4.90 Å². The first-order valence-corrected chi connectivity index (χ1v) is 12.1. The minimum absolute atomic E-state index is 0.00353. The Morgan fingerprint density at radius 2 is 1.51 bits per heavy atom. The molecule has 176 valence electrons. The molecule has 0 N–H and O–H groups in total. The zero-order chi connectivity index (χ0) is 24.2. The Morgan fingerprint density at radius 1 is 0.857 bits per heavy atom. The molecule has 3 nitrogen and oxygen atoms in total. The fourth-order valence-electron chi connectivity index (χ4n) is 5.03. The summed E-state index contributed by atoms with van der Waals surface area (Å²) in [6.45, 7) is 3.34. The fourth-order valence-corrected chi connectivity index (χ4v) is 5.03. The largest absolute Gasteiger partial charge is 0.307 e. The highest BCUT2D eigenvalue weighted by molar-refractivity contribution is 5.94. The van der Waals surface area contributed by atoms with E-state index >= 15 is 0 Å². The second-order valence-corrected chi connectivity index (χ2v) is 9.09. The molecule has 35 heavy (non-hydrogen) atoms. The summed E-state index contributed by atoms with van der Waals surface area (Å²) < 4.78 is 14.5. The Hall–Kier alpha value is -3.76. The van der Waals surface area contributed by atoms with Crippen molar-refractivity contribution in [2.75, 3.05) is 18.0 Å². The highest BCUT2D eigenvalue weighted by Gasteiger charge is 2.32. The number of halogens is 1. The summed E-state index contributed by atoms with van der Waals surface area (Å²) in [4.78, 5) is 17.8. The molecule has 1 aliphatic heterocycles. The molecule has 0 spiro atoms. The normalized spacial score (nSPS) is 15.4. The van der Waals surface area contributed by atoms with E-state index in [1.807, 2.05) is 36.4 Å². The third kappa shape index (κ3) is 4.89. The Balaban J connectivity index is 1.49. The Morgan fingerprint density at radius 3 is 2.29 bits per heavy atom. The van der Waals surface area contributed by atoms with E-state index in [9.17, 15) is 9.18 Å². The predicted octanol–water partition coefficient (Wildman–Crippen LogP) is 6.32. The van der Waals surface area contributed by atoms with E-state index in [4.69, 9.17) is 0 Å². The molecule has 0 saturated carbocycles. The minimum Gasteiger partial charge on any atom is -0.307 e. The van der Waals surface area contributed by atoms with Crippen LogP contribution in [0.4, 0.5) is 10.1 Å². The maximum atomic E-state index is 14.5. The molecule has 4 aromatic rings. The summed E-state index contributed by atoms with van der Waals surface area (Å²) in [5, 5.41) is 0. The minimum atomic E-state index is -0.300. The molecule has 1 unspecified atom stereocenters. The standard InChI is InChI=1S/C31H29FN2O/c1-23-11-5-8-16-27(23)31-28-17-9-6-12-24(28)19-20-33(31)22-30(35)34(26-14-3-2-4-15-26)21-25-13-7-10-18-29(25)32/h2-18,31H,19-22H2,1H3. The van der Waals surface area contributed by atoms with Crippen molar-refractivity contribution in [3.63, 3.8) is 0 Å². The molecule has 0 fully saturated rings. The predicted molar refractivity (Wildman–Crippen MR) is 139 cm³/mol. The number of carbonyl (C=O) groups is 1. The van der Waals surface area contributed by atoms with E-state index < -0.39 is 0 Å². The number of aryl methyl sites for hydroxylation is 1. The summed E-state index contributed by atoms with van der Waals surface area (Å²) in [6, 6.07) is 33.1. The van der Waals surface area contributed by atoms with Gasteiger partial charge in [0.05, 0.1) is 19.1 Å². The van der Waals surface area contributed by atoms with Crippen molar-refractivity contribution >= 4 is 11.6 Å². The number of benzene rings is 4. The summed E-state index contributed by atoms with van der Waals surface area (Å²) in [5.74, 6) is -0.344. The van der Waals surface area contributed by atoms with Crippen LogP contribution in [0.15, 0.2) is 103 Å². The molecule has 0 bridgehead atoms. The number of hydrogen-bond acceptors (Lipinski definition) is 2. The zero-order valence-electron chi connectivity index (χ0n) is 19.9. The Labute approximate surface area is 206 Å². The van der Waals surface area contributed by atoms with Gasteiger partial charge in [-0.2, -0.15) is 0 Å². The van der Waals surface area contributed by atoms with Gasteiger partial charge in [0.2, 0.25) is 5.91 Å². The van der Waals surface area contributed by atoms with Gasteiger partial charge in [0.25, 0.3) is 0 Å². The molecule has 0 saturated heterocycles. The van der Waals surface area contributed by atoms with Gasteiger partial charge in [0, 0.05) is 17.8 Å². The summed E-state index contributed by atoms with van der Waals surface area (Å²) in [5.41, 5.74) is 6.28. The van der Waals surface area contributed by atoms with Crippen molar-refractivity contribution in [1.82, 2.24) is 4.90 Å². The van der Waals surface area contributed by atoms with E-state index in [0.29, 0.717) is 5.56 Å². The van der Waals surface area contributed by atoms with E-state index in [2.05, 4.69) is 60.4 Å². The third-order valence-corrected chi connectivity index (χ3v) is 6.86. The van der Waals surface area contributed by atoms with Gasteiger partial charge in [-0.15, -0.1) is 0 Å². The number of hydrogen-bond donors (Lipinski definition) is 0. The van der Waals surface area contributed by atoms with E-state index in [-0.39, 0.29) is 30.9 Å². The van der Waals surface area contributed by atoms with Gasteiger partial charge in [0.1, 0.15) is 5.82 Å². The van der Waals surface area contributed by atoms with Crippen molar-refractivity contribution in [3.8, 4) is 0 Å². The number of rotatable bonds is 6. The van der Waals surface area contributed by atoms with Crippen LogP contribution in [0.5, 0.6) is 0 Å². The molecule has 0 radical (unpaired) electrons. The highest BCUT2D eigenvalue weighted by Crippen LogP contribution is 2.36. The lowest BCUT2D eigenvalue weighted by atomic mass is 9.86. The molecule has 4 heteroatoms. The molecule has 0 aromatic heterocycles. The monoisotopic (exact) mass is 464 g/mol. The second kappa shape index (κ2) is 10.2. The maximum absolute atomic E-state index is 14.5. The number of carbonyl (C=O) groups excluding carboxylic acids is 1. The first kappa shape index (κ1) is 23.0. The average Bonchev–Trinajstić information content (AvgIpc) is 2.89. The van der Waals surface area contributed by atoms with Crippen LogP contribution in [-0.2, 0) is 17.8 Å². The van der Waals surface area contributed by atoms with Crippen LogP contribution in [0, 0.1) is 12.7 Å². The summed E-state index contributed by atoms with van der Waals surface area (Å²) in [7, 11) is 0. The maximum Gasteiger partial charge on any atom is 0.241 e. The Kier molecular flexibility index (Phi) is 6.73. The van der Waals surface area contributed by atoms with Crippen molar-refractivity contribution in [1.29, 1.82) is 0 Å². The van der Waals surface area contributed by atoms with E-state index in [1.165, 1.54) is 28.3 Å². The van der Waals surface area contributed by atoms with Crippen LogP contribution in [0.25, 0.3) is 0 Å². The van der Waals surface area contributed by atoms with Gasteiger partial charge in [-0.25, -0.2) is 4.39 Å². The topological polar surface area (TPSA) is 23.6 Å². The van der Waals surface area contributed by atoms with Gasteiger partial charge >= 0.3 is 0 Å². The fraction of sp³-hybridized carbons (Fsp3) is 0.194. The van der Waals surface area contributed by atoms with Crippen LogP contribution in [-0.4, -0.2) is 23.9 Å². The van der Waals surface area contributed by atoms with Crippen molar-refractivity contribution in [2.45, 2.75) is 25.9 Å². The summed E-state index contributed by atoms with van der Waals surface area (Å²) in [6.07, 6.45) is 0.893. The van der Waals surface area contributed by atoms with E-state index in [0.717, 1.165) is 18.7 Å². The van der Waals surface area contributed by atoms with Crippen LogP contribution in [0.3, 0.4) is 0 Å². The van der Waals surface area contributed by atoms with Crippen LogP contribution >= 0.6 is 0 Å². The van der Waals surface area contributed by atoms with E-state index in [1.54, 1.807) is 17.0 Å².